The number of aryl methyl sites for hydroxylation is 1. The van der Waals surface area contributed by atoms with Crippen LogP contribution in [0.1, 0.15) is 5.56 Å². The second-order valence-electron chi connectivity index (χ2n) is 2.94. The topological polar surface area (TPSA) is 81.4 Å². The van der Waals surface area contributed by atoms with Crippen LogP contribution in [-0.2, 0) is 4.79 Å². The molecule has 1 aromatic carbocycles. The molecule has 0 aliphatic rings. The Balaban J connectivity index is 2.78. The first kappa shape index (κ1) is 11.0. The number of rotatable bonds is 4. The van der Waals surface area contributed by atoms with Gasteiger partial charge in [0.2, 0.25) is 0 Å². The number of nitrogens with one attached hydrogen (secondary N) is 1. The second kappa shape index (κ2) is 4.99. The van der Waals surface area contributed by atoms with E-state index in [2.05, 4.69) is 5.32 Å². The van der Waals surface area contributed by atoms with Crippen molar-refractivity contribution in [2.75, 3.05) is 11.9 Å². The maximum atomic E-state index is 10.6. The van der Waals surface area contributed by atoms with Crippen LogP contribution in [0.25, 0.3) is 0 Å². The molecule has 1 rings (SSSR count). The number of hydrogen-bond donors (Lipinski definition) is 2. The summed E-state index contributed by atoms with van der Waals surface area (Å²) in [5, 5.41) is 2.47. The van der Waals surface area contributed by atoms with Crippen molar-refractivity contribution in [3.63, 3.8) is 0 Å². The van der Waals surface area contributed by atoms with Gasteiger partial charge in [-0.15, -0.1) is 0 Å². The molecule has 0 aliphatic heterocycles. The highest BCUT2D eigenvalue weighted by atomic mass is 16.5. The van der Waals surface area contributed by atoms with Gasteiger partial charge in [0.15, 0.2) is 6.29 Å². The van der Waals surface area contributed by atoms with Crippen LogP contribution in [0.3, 0.4) is 0 Å². The number of amides is 2. The largest absolute Gasteiger partial charge is 0.486 e. The molecule has 0 saturated heterocycles. The quantitative estimate of drug-likeness (QED) is 0.726. The molecule has 2 amide bonds. The van der Waals surface area contributed by atoms with Gasteiger partial charge in [0, 0.05) is 5.69 Å². The highest BCUT2D eigenvalue weighted by Crippen LogP contribution is 2.20. The predicted octanol–water partition coefficient (Wildman–Crippen LogP) is 1.06. The van der Waals surface area contributed by atoms with Crippen LogP contribution in [0.2, 0.25) is 0 Å². The van der Waals surface area contributed by atoms with Gasteiger partial charge in [0.05, 0.1) is 0 Å². The van der Waals surface area contributed by atoms with Crippen LogP contribution in [0.15, 0.2) is 18.2 Å². The molecule has 0 aromatic heterocycles. The number of ether oxygens (including phenoxy) is 1. The molecule has 0 heterocycles. The van der Waals surface area contributed by atoms with Gasteiger partial charge in [-0.1, -0.05) is 0 Å². The van der Waals surface area contributed by atoms with Gasteiger partial charge >= 0.3 is 6.03 Å². The summed E-state index contributed by atoms with van der Waals surface area (Å²) in [5.41, 5.74) is 6.43. The molecule has 0 spiro atoms. The Morgan fingerprint density at radius 3 is 2.87 bits per heavy atom. The third-order valence-electron chi connectivity index (χ3n) is 1.77. The van der Waals surface area contributed by atoms with Gasteiger partial charge in [-0.25, -0.2) is 4.79 Å². The normalized spacial score (nSPS) is 9.40. The molecule has 1 aromatic rings. The van der Waals surface area contributed by atoms with Crippen molar-refractivity contribution < 1.29 is 14.3 Å². The van der Waals surface area contributed by atoms with Crippen molar-refractivity contribution in [2.24, 2.45) is 5.73 Å². The van der Waals surface area contributed by atoms with Crippen molar-refractivity contribution in [3.05, 3.63) is 23.8 Å². The van der Waals surface area contributed by atoms with Crippen LogP contribution in [-0.4, -0.2) is 18.9 Å². The first-order chi connectivity index (χ1) is 7.13. The van der Waals surface area contributed by atoms with Gasteiger partial charge in [0.25, 0.3) is 0 Å². The lowest BCUT2D eigenvalue weighted by Gasteiger charge is -2.08. The standard InChI is InChI=1S/C10H12N2O3/c1-7-6-8(15-5-4-13)2-3-9(7)12-10(11)14/h2-4,6H,5H2,1H3,(H3,11,12,14). The van der Waals surface area contributed by atoms with Crippen molar-refractivity contribution in [1.29, 1.82) is 0 Å². The van der Waals surface area contributed by atoms with Crippen molar-refractivity contribution in [2.45, 2.75) is 6.92 Å². The molecular formula is C10H12N2O3. The lowest BCUT2D eigenvalue weighted by Crippen LogP contribution is -2.19. The molecule has 15 heavy (non-hydrogen) atoms. The number of urea groups is 1. The van der Waals surface area contributed by atoms with Crippen LogP contribution in [0.5, 0.6) is 5.75 Å². The summed E-state index contributed by atoms with van der Waals surface area (Å²) in [5.74, 6) is 0.578. The molecule has 5 nitrogen and oxygen atoms in total. The molecule has 0 aliphatic carbocycles. The number of nitrogens with two attached hydrogens (primary N) is 1. The molecule has 0 fully saturated rings. The molecule has 80 valence electrons. The molecule has 0 saturated carbocycles. The average molecular weight is 208 g/mol. The highest BCUT2D eigenvalue weighted by Gasteiger charge is 2.02. The summed E-state index contributed by atoms with van der Waals surface area (Å²) in [7, 11) is 0. The first-order valence-electron chi connectivity index (χ1n) is 4.37. The molecule has 0 bridgehead atoms. The Morgan fingerprint density at radius 2 is 2.33 bits per heavy atom. The SMILES string of the molecule is Cc1cc(OCC=O)ccc1NC(N)=O. The maximum Gasteiger partial charge on any atom is 0.316 e. The Kier molecular flexibility index (Phi) is 3.68. The molecule has 0 unspecified atom stereocenters. The van der Waals surface area contributed by atoms with E-state index in [9.17, 15) is 9.59 Å². The molecule has 5 heteroatoms. The van der Waals surface area contributed by atoms with E-state index in [4.69, 9.17) is 10.5 Å². The zero-order valence-corrected chi connectivity index (χ0v) is 8.32. The summed E-state index contributed by atoms with van der Waals surface area (Å²) < 4.78 is 5.08. The zero-order chi connectivity index (χ0) is 11.3. The van der Waals surface area contributed by atoms with Crippen LogP contribution in [0.4, 0.5) is 10.5 Å². The third kappa shape index (κ3) is 3.30. The van der Waals surface area contributed by atoms with Crippen LogP contribution >= 0.6 is 0 Å². The summed E-state index contributed by atoms with van der Waals surface area (Å²) in [4.78, 5) is 20.7. The van der Waals surface area contributed by atoms with E-state index in [1.165, 1.54) is 0 Å². The zero-order valence-electron chi connectivity index (χ0n) is 8.32. The lowest BCUT2D eigenvalue weighted by atomic mass is 10.2. The summed E-state index contributed by atoms with van der Waals surface area (Å²) >= 11 is 0. The Hall–Kier alpha value is -2.04. The third-order valence-corrected chi connectivity index (χ3v) is 1.77. The lowest BCUT2D eigenvalue weighted by molar-refractivity contribution is -0.109. The van der Waals surface area contributed by atoms with E-state index in [-0.39, 0.29) is 6.61 Å². The fourth-order valence-electron chi connectivity index (χ4n) is 1.13. The minimum atomic E-state index is -0.611. The van der Waals surface area contributed by atoms with Crippen molar-refractivity contribution >= 4 is 18.0 Å². The minimum Gasteiger partial charge on any atom is -0.486 e. The van der Waals surface area contributed by atoms with E-state index in [0.29, 0.717) is 17.7 Å². The summed E-state index contributed by atoms with van der Waals surface area (Å²) in [6.07, 6.45) is 0.672. The van der Waals surface area contributed by atoms with Crippen molar-refractivity contribution in [1.82, 2.24) is 0 Å². The first-order valence-corrected chi connectivity index (χ1v) is 4.37. The second-order valence-corrected chi connectivity index (χ2v) is 2.94. The van der Waals surface area contributed by atoms with Gasteiger partial charge < -0.3 is 15.8 Å². The number of hydrogen-bond acceptors (Lipinski definition) is 3. The average Bonchev–Trinajstić information content (AvgIpc) is 2.18. The smallest absolute Gasteiger partial charge is 0.316 e. The van der Waals surface area contributed by atoms with Crippen LogP contribution < -0.4 is 15.8 Å². The van der Waals surface area contributed by atoms with E-state index in [1.807, 2.05) is 0 Å². The Labute approximate surface area is 87.2 Å². The van der Waals surface area contributed by atoms with Crippen LogP contribution in [0, 0.1) is 6.92 Å². The summed E-state index contributed by atoms with van der Waals surface area (Å²) in [6.45, 7) is 1.82. The number of carbonyl (C=O) groups excluding carboxylic acids is 2. The van der Waals surface area contributed by atoms with E-state index in [1.54, 1.807) is 25.1 Å². The number of aldehydes is 1. The summed E-state index contributed by atoms with van der Waals surface area (Å²) in [6, 6.07) is 4.43. The number of benzene rings is 1. The minimum absolute atomic E-state index is 0.0159. The number of primary amides is 1. The highest BCUT2D eigenvalue weighted by molar-refractivity contribution is 5.88. The molecule has 0 radical (unpaired) electrons. The molecule has 3 N–H and O–H groups in total. The van der Waals surface area contributed by atoms with E-state index >= 15 is 0 Å². The Bertz CT molecular complexity index is 377. The molecule has 0 atom stereocenters. The molecular weight excluding hydrogens is 196 g/mol. The van der Waals surface area contributed by atoms with Crippen molar-refractivity contribution in [3.8, 4) is 5.75 Å². The van der Waals surface area contributed by atoms with Gasteiger partial charge in [0.1, 0.15) is 12.4 Å². The predicted molar refractivity (Wildman–Crippen MR) is 55.9 cm³/mol. The number of anilines is 1. The maximum absolute atomic E-state index is 10.6. The Morgan fingerprint density at radius 1 is 1.60 bits per heavy atom. The van der Waals surface area contributed by atoms with Gasteiger partial charge in [-0.3, -0.25) is 4.79 Å². The monoisotopic (exact) mass is 208 g/mol. The van der Waals surface area contributed by atoms with Gasteiger partial charge in [-0.2, -0.15) is 0 Å². The fourth-order valence-corrected chi connectivity index (χ4v) is 1.13. The fraction of sp³-hybridized carbons (Fsp3) is 0.200. The van der Waals surface area contributed by atoms with E-state index < -0.39 is 6.03 Å². The van der Waals surface area contributed by atoms with E-state index in [0.717, 1.165) is 5.56 Å². The number of carbonyl (C=O) groups is 2. The van der Waals surface area contributed by atoms with Gasteiger partial charge in [-0.05, 0) is 30.7 Å².